The van der Waals surface area contributed by atoms with E-state index in [2.05, 4.69) is 28.5 Å². The van der Waals surface area contributed by atoms with Crippen molar-refractivity contribution >= 4 is 28.9 Å². The minimum Gasteiger partial charge on any atom is -0.292 e. The number of nitrogens with zero attached hydrogens (tertiary/aromatic N) is 4. The summed E-state index contributed by atoms with van der Waals surface area (Å²) in [6.45, 7) is 6.15. The first-order valence-electron chi connectivity index (χ1n) is 7.69. The fourth-order valence-electron chi connectivity index (χ4n) is 2.29. The molecule has 0 aliphatic rings. The van der Waals surface area contributed by atoms with Gasteiger partial charge in [0, 0.05) is 4.88 Å². The predicted octanol–water partition coefficient (Wildman–Crippen LogP) is 3.88. The number of thioether (sulfide) groups is 1. The maximum absolute atomic E-state index is 12.3. The smallest absolute Gasteiger partial charge is 0.214 e. The zero-order valence-corrected chi connectivity index (χ0v) is 15.4. The molecule has 0 unspecified atom stereocenters. The lowest BCUT2D eigenvalue weighted by molar-refractivity contribution is 0.102. The van der Waals surface area contributed by atoms with Crippen LogP contribution in [0.25, 0.3) is 5.69 Å². The van der Waals surface area contributed by atoms with Crippen molar-refractivity contribution in [3.8, 4) is 5.69 Å². The summed E-state index contributed by atoms with van der Waals surface area (Å²) < 4.78 is 1.70. The molecule has 0 amide bonds. The molecule has 124 valence electrons. The molecule has 2 heterocycles. The Bertz CT molecular complexity index is 869. The first-order chi connectivity index (χ1) is 11.6. The number of aromatic nitrogens is 4. The van der Waals surface area contributed by atoms with Crippen molar-refractivity contribution in [1.29, 1.82) is 0 Å². The Hall–Kier alpha value is -1.99. The van der Waals surface area contributed by atoms with Crippen molar-refractivity contribution in [2.45, 2.75) is 32.3 Å². The van der Waals surface area contributed by atoms with Gasteiger partial charge in [0.1, 0.15) is 0 Å². The van der Waals surface area contributed by atoms with Gasteiger partial charge in [-0.15, -0.1) is 16.4 Å². The van der Waals surface area contributed by atoms with E-state index in [0.717, 1.165) is 28.1 Å². The lowest BCUT2D eigenvalue weighted by Crippen LogP contribution is -2.05. The van der Waals surface area contributed by atoms with Gasteiger partial charge in [-0.1, -0.05) is 30.8 Å². The Morgan fingerprint density at radius 2 is 2.08 bits per heavy atom. The van der Waals surface area contributed by atoms with Gasteiger partial charge in [-0.2, -0.15) is 4.68 Å². The predicted molar refractivity (Wildman–Crippen MR) is 97.4 cm³/mol. The third-order valence-electron chi connectivity index (χ3n) is 3.65. The van der Waals surface area contributed by atoms with E-state index in [9.17, 15) is 4.79 Å². The fraction of sp³-hybridized carbons (Fsp3) is 0.294. The van der Waals surface area contributed by atoms with Gasteiger partial charge >= 0.3 is 0 Å². The number of tetrazole rings is 1. The van der Waals surface area contributed by atoms with Crippen LogP contribution in [0.2, 0.25) is 0 Å². The minimum atomic E-state index is 0.111. The Labute approximate surface area is 149 Å². The van der Waals surface area contributed by atoms with Crippen molar-refractivity contribution in [1.82, 2.24) is 20.2 Å². The molecular weight excluding hydrogens is 340 g/mol. The largest absolute Gasteiger partial charge is 0.292 e. The van der Waals surface area contributed by atoms with E-state index in [4.69, 9.17) is 0 Å². The van der Waals surface area contributed by atoms with Gasteiger partial charge in [0.05, 0.1) is 16.3 Å². The molecule has 2 aromatic heterocycles. The quantitative estimate of drug-likeness (QED) is 0.494. The van der Waals surface area contributed by atoms with E-state index in [1.54, 1.807) is 16.0 Å². The number of carbonyl (C=O) groups excluding carboxylic acids is 1. The molecule has 0 N–H and O–H groups in total. The van der Waals surface area contributed by atoms with Gasteiger partial charge in [-0.3, -0.25) is 4.79 Å². The van der Waals surface area contributed by atoms with Gasteiger partial charge in [0.15, 0.2) is 5.78 Å². The molecule has 0 bridgehead atoms. The highest BCUT2D eigenvalue weighted by Gasteiger charge is 2.15. The van der Waals surface area contributed by atoms with E-state index < -0.39 is 0 Å². The standard InChI is InChI=1S/C17H18N4OS2/c1-4-13-7-8-16(24-13)15(22)10-23-17-18-19-20-21(17)14-9-11(2)5-6-12(14)3/h5-9H,4,10H2,1-3H3. The van der Waals surface area contributed by atoms with Crippen molar-refractivity contribution in [2.75, 3.05) is 5.75 Å². The van der Waals surface area contributed by atoms with Crippen molar-refractivity contribution in [3.63, 3.8) is 0 Å². The molecule has 0 radical (unpaired) electrons. The molecule has 0 fully saturated rings. The number of thiophene rings is 1. The molecular formula is C17H18N4OS2. The Morgan fingerprint density at radius 3 is 2.83 bits per heavy atom. The summed E-state index contributed by atoms with van der Waals surface area (Å²) in [5.74, 6) is 0.440. The first-order valence-corrected chi connectivity index (χ1v) is 9.49. The van der Waals surface area contributed by atoms with Gasteiger partial charge in [0.25, 0.3) is 0 Å². The molecule has 0 saturated heterocycles. The summed E-state index contributed by atoms with van der Waals surface area (Å²) >= 11 is 2.93. The fourth-order valence-corrected chi connectivity index (χ4v) is 4.03. The Kier molecular flexibility index (Phi) is 5.11. The topological polar surface area (TPSA) is 60.7 Å². The minimum absolute atomic E-state index is 0.111. The molecule has 3 rings (SSSR count). The SMILES string of the molecule is CCc1ccc(C(=O)CSc2nnnn2-c2cc(C)ccc2C)s1. The second-order valence-electron chi connectivity index (χ2n) is 5.49. The molecule has 24 heavy (non-hydrogen) atoms. The van der Waals surface area contributed by atoms with Crippen LogP contribution in [0.5, 0.6) is 0 Å². The molecule has 3 aromatic rings. The zero-order chi connectivity index (χ0) is 17.1. The number of carbonyl (C=O) groups is 1. The Morgan fingerprint density at radius 1 is 1.25 bits per heavy atom. The lowest BCUT2D eigenvalue weighted by atomic mass is 10.1. The summed E-state index contributed by atoms with van der Waals surface area (Å²) in [4.78, 5) is 14.4. The maximum Gasteiger partial charge on any atom is 0.214 e. The number of benzene rings is 1. The number of hydrogen-bond donors (Lipinski definition) is 0. The van der Waals surface area contributed by atoms with Crippen molar-refractivity contribution in [3.05, 3.63) is 51.2 Å². The third kappa shape index (κ3) is 3.57. The lowest BCUT2D eigenvalue weighted by Gasteiger charge is -2.08. The maximum atomic E-state index is 12.3. The van der Waals surface area contributed by atoms with E-state index >= 15 is 0 Å². The van der Waals surface area contributed by atoms with Crippen LogP contribution in [0.4, 0.5) is 0 Å². The van der Waals surface area contributed by atoms with Crippen LogP contribution in [-0.2, 0) is 6.42 Å². The molecule has 0 atom stereocenters. The molecule has 7 heteroatoms. The van der Waals surface area contributed by atoms with Crippen LogP contribution >= 0.6 is 23.1 Å². The molecule has 0 aliphatic carbocycles. The monoisotopic (exact) mass is 358 g/mol. The van der Waals surface area contributed by atoms with Gasteiger partial charge in [-0.25, -0.2) is 0 Å². The van der Waals surface area contributed by atoms with Crippen LogP contribution < -0.4 is 0 Å². The summed E-state index contributed by atoms with van der Waals surface area (Å²) in [5.41, 5.74) is 3.18. The highest BCUT2D eigenvalue weighted by molar-refractivity contribution is 7.99. The van der Waals surface area contributed by atoms with E-state index in [1.165, 1.54) is 16.6 Å². The van der Waals surface area contributed by atoms with Gasteiger partial charge in [0.2, 0.25) is 5.16 Å². The second-order valence-corrected chi connectivity index (χ2v) is 7.61. The van der Waals surface area contributed by atoms with E-state index in [0.29, 0.717) is 10.9 Å². The highest BCUT2D eigenvalue weighted by atomic mass is 32.2. The number of aryl methyl sites for hydroxylation is 3. The van der Waals surface area contributed by atoms with Crippen LogP contribution in [-0.4, -0.2) is 31.7 Å². The summed E-state index contributed by atoms with van der Waals surface area (Å²) in [7, 11) is 0. The summed E-state index contributed by atoms with van der Waals surface area (Å²) in [6, 6.07) is 10.1. The van der Waals surface area contributed by atoms with Crippen molar-refractivity contribution in [2.24, 2.45) is 0 Å². The number of Topliss-reactive ketones (excluding diaryl/α,β-unsaturated/α-hetero) is 1. The molecule has 0 saturated carbocycles. The summed E-state index contributed by atoms with van der Waals surface area (Å²) in [6.07, 6.45) is 0.954. The highest BCUT2D eigenvalue weighted by Crippen LogP contribution is 2.24. The molecule has 5 nitrogen and oxygen atoms in total. The van der Waals surface area contributed by atoms with Crippen molar-refractivity contribution < 1.29 is 4.79 Å². The second kappa shape index (κ2) is 7.27. The van der Waals surface area contributed by atoms with Gasteiger partial charge in [-0.05, 0) is 60.0 Å². The average Bonchev–Trinajstić information content (AvgIpc) is 3.23. The molecule has 0 aliphatic heterocycles. The third-order valence-corrected chi connectivity index (χ3v) is 5.84. The van der Waals surface area contributed by atoms with E-state index in [1.807, 2.05) is 38.1 Å². The molecule has 0 spiro atoms. The van der Waals surface area contributed by atoms with Crippen LogP contribution in [0.1, 0.15) is 32.6 Å². The normalized spacial score (nSPS) is 11.0. The number of hydrogen-bond acceptors (Lipinski definition) is 6. The first kappa shape index (κ1) is 16.9. The number of ketones is 1. The van der Waals surface area contributed by atoms with E-state index in [-0.39, 0.29) is 5.78 Å². The molecule has 1 aromatic carbocycles. The van der Waals surface area contributed by atoms with Crippen LogP contribution in [0.15, 0.2) is 35.5 Å². The Balaban J connectivity index is 1.76. The zero-order valence-electron chi connectivity index (χ0n) is 13.8. The summed E-state index contributed by atoms with van der Waals surface area (Å²) in [5, 5.41) is 12.5. The number of rotatable bonds is 6. The van der Waals surface area contributed by atoms with Crippen LogP contribution in [0, 0.1) is 13.8 Å². The van der Waals surface area contributed by atoms with Gasteiger partial charge < -0.3 is 0 Å². The van der Waals surface area contributed by atoms with Crippen LogP contribution in [0.3, 0.4) is 0 Å². The average molecular weight is 358 g/mol.